The topological polar surface area (TPSA) is 38.7 Å². The van der Waals surface area contributed by atoms with Gasteiger partial charge in [0.25, 0.3) is 8.32 Å². The van der Waals surface area contributed by atoms with E-state index < -0.39 is 22.7 Å². The summed E-state index contributed by atoms with van der Waals surface area (Å²) < 4.78 is 14.1. The molecule has 0 amide bonds. The summed E-state index contributed by atoms with van der Waals surface area (Å²) in [4.78, 5) is 0. The lowest BCUT2D eigenvalue weighted by molar-refractivity contribution is 0.117. The number of benzene rings is 2. The van der Waals surface area contributed by atoms with Crippen LogP contribution in [0.1, 0.15) is 61.8 Å². The molecule has 2 aromatic carbocycles. The predicted molar refractivity (Wildman–Crippen MR) is 160 cm³/mol. The van der Waals surface area contributed by atoms with E-state index in [9.17, 15) is 5.11 Å². The first-order valence-electron chi connectivity index (χ1n) is 13.4. The monoisotopic (exact) mass is 526 g/mol. The zero-order chi connectivity index (χ0) is 27.2. The van der Waals surface area contributed by atoms with Crippen molar-refractivity contribution in [2.24, 2.45) is 5.92 Å². The van der Waals surface area contributed by atoms with E-state index >= 15 is 0 Å². The molecule has 0 radical (unpaired) electrons. The second kappa shape index (κ2) is 12.4. The van der Waals surface area contributed by atoms with Gasteiger partial charge in [-0.15, -0.1) is 0 Å². The molecule has 0 heterocycles. The lowest BCUT2D eigenvalue weighted by Gasteiger charge is -2.46. The number of rotatable bonds is 11. The first-order valence-corrected chi connectivity index (χ1v) is 18.2. The highest BCUT2D eigenvalue weighted by molar-refractivity contribution is 6.99. The van der Waals surface area contributed by atoms with Gasteiger partial charge in [0.2, 0.25) is 0 Å². The highest BCUT2D eigenvalue weighted by atomic mass is 28.4. The Hall–Kier alpha value is -1.51. The molecule has 0 aromatic heterocycles. The molecule has 0 aliphatic carbocycles. The van der Waals surface area contributed by atoms with Crippen LogP contribution >= 0.6 is 0 Å². The molecule has 0 aliphatic heterocycles. The van der Waals surface area contributed by atoms with Crippen LogP contribution in [-0.2, 0) is 8.85 Å². The molecule has 0 saturated heterocycles. The smallest absolute Gasteiger partial charge is 0.261 e. The van der Waals surface area contributed by atoms with Crippen LogP contribution in [-0.4, -0.2) is 40.6 Å². The standard InChI is InChI=1S/C31H50O3Si2/c1-25(21-22-26(2)32)29(23-24-33-35(9,10)30(3,4)5)34-36(31(6,7)8,27-17-13-11-14-18-27)28-19-15-12-16-20-28/h11-22,25-26,29,32H,23-24H2,1-10H3/b22-21+/t25-,26+,29-/m1/s1. The second-order valence-electron chi connectivity index (χ2n) is 12.7. The minimum atomic E-state index is -2.70. The average molecular weight is 527 g/mol. The van der Waals surface area contributed by atoms with E-state index in [2.05, 4.69) is 128 Å². The zero-order valence-electron chi connectivity index (χ0n) is 24.3. The van der Waals surface area contributed by atoms with Gasteiger partial charge in [-0.25, -0.2) is 0 Å². The van der Waals surface area contributed by atoms with Crippen LogP contribution in [0, 0.1) is 5.92 Å². The summed E-state index contributed by atoms with van der Waals surface area (Å²) in [5, 5.41) is 12.6. The Morgan fingerprint density at radius 1 is 0.778 bits per heavy atom. The van der Waals surface area contributed by atoms with E-state index in [1.54, 1.807) is 6.92 Å². The van der Waals surface area contributed by atoms with Crippen molar-refractivity contribution in [2.45, 2.75) is 97.2 Å². The maximum Gasteiger partial charge on any atom is 0.261 e. The highest BCUT2D eigenvalue weighted by Crippen LogP contribution is 2.40. The van der Waals surface area contributed by atoms with Crippen LogP contribution in [0.3, 0.4) is 0 Å². The lowest BCUT2D eigenvalue weighted by Crippen LogP contribution is -2.68. The fraction of sp³-hybridized carbons (Fsp3) is 0.548. The normalized spacial score (nSPS) is 16.2. The van der Waals surface area contributed by atoms with Gasteiger partial charge in [0.05, 0.1) is 12.2 Å². The van der Waals surface area contributed by atoms with Gasteiger partial charge in [-0.3, -0.25) is 0 Å². The predicted octanol–water partition coefficient (Wildman–Crippen LogP) is 6.92. The third kappa shape index (κ3) is 7.51. The molecule has 0 spiro atoms. The van der Waals surface area contributed by atoms with Crippen molar-refractivity contribution in [3.63, 3.8) is 0 Å². The Bertz CT molecular complexity index is 902. The van der Waals surface area contributed by atoms with Crippen molar-refractivity contribution >= 4 is 27.0 Å². The van der Waals surface area contributed by atoms with E-state index in [-0.39, 0.29) is 22.1 Å². The van der Waals surface area contributed by atoms with E-state index in [4.69, 9.17) is 8.85 Å². The van der Waals surface area contributed by atoms with Crippen molar-refractivity contribution in [3.05, 3.63) is 72.8 Å². The fourth-order valence-electron chi connectivity index (χ4n) is 4.45. The molecule has 2 aromatic rings. The third-order valence-corrected chi connectivity index (χ3v) is 17.3. The fourth-order valence-corrected chi connectivity index (χ4v) is 10.3. The maximum absolute atomic E-state index is 9.94. The third-order valence-electron chi connectivity index (χ3n) is 7.70. The number of aliphatic hydroxyl groups is 1. The zero-order valence-corrected chi connectivity index (χ0v) is 26.3. The first kappa shape index (κ1) is 30.7. The lowest BCUT2D eigenvalue weighted by atomic mass is 10.0. The molecule has 3 atom stereocenters. The van der Waals surface area contributed by atoms with Gasteiger partial charge < -0.3 is 14.0 Å². The molecule has 0 unspecified atom stereocenters. The van der Waals surface area contributed by atoms with Crippen molar-refractivity contribution in [2.75, 3.05) is 6.61 Å². The van der Waals surface area contributed by atoms with E-state index in [0.717, 1.165) is 6.42 Å². The van der Waals surface area contributed by atoms with Gasteiger partial charge in [0.15, 0.2) is 8.32 Å². The average Bonchev–Trinajstić information content (AvgIpc) is 2.79. The molecule has 0 aliphatic rings. The van der Waals surface area contributed by atoms with Gasteiger partial charge >= 0.3 is 0 Å². The van der Waals surface area contributed by atoms with Crippen LogP contribution < -0.4 is 10.4 Å². The molecule has 1 N–H and O–H groups in total. The van der Waals surface area contributed by atoms with Crippen LogP contribution in [0.4, 0.5) is 0 Å². The minimum Gasteiger partial charge on any atom is -0.417 e. The molecular formula is C31H50O3Si2. The van der Waals surface area contributed by atoms with Crippen molar-refractivity contribution < 1.29 is 14.0 Å². The van der Waals surface area contributed by atoms with Gasteiger partial charge in [-0.2, -0.15) is 0 Å². The second-order valence-corrected chi connectivity index (χ2v) is 21.8. The van der Waals surface area contributed by atoms with Crippen molar-refractivity contribution in [1.82, 2.24) is 0 Å². The summed E-state index contributed by atoms with van der Waals surface area (Å²) in [6.07, 6.45) is 4.27. The molecule has 36 heavy (non-hydrogen) atoms. The van der Waals surface area contributed by atoms with E-state index in [1.807, 2.05) is 6.08 Å². The van der Waals surface area contributed by atoms with Crippen LogP contribution in [0.5, 0.6) is 0 Å². The molecule has 5 heteroatoms. The maximum atomic E-state index is 9.94. The minimum absolute atomic E-state index is 0.0453. The van der Waals surface area contributed by atoms with Crippen LogP contribution in [0.15, 0.2) is 72.8 Å². The number of hydrogen-bond donors (Lipinski definition) is 1. The van der Waals surface area contributed by atoms with E-state index in [1.165, 1.54) is 10.4 Å². The Morgan fingerprint density at radius 3 is 1.64 bits per heavy atom. The molecule has 2 rings (SSSR count). The molecule has 0 fully saturated rings. The first-order chi connectivity index (χ1) is 16.6. The summed E-state index contributed by atoms with van der Waals surface area (Å²) >= 11 is 0. The largest absolute Gasteiger partial charge is 0.417 e. The molecule has 200 valence electrons. The van der Waals surface area contributed by atoms with Crippen molar-refractivity contribution in [1.29, 1.82) is 0 Å². The summed E-state index contributed by atoms with van der Waals surface area (Å²) in [6.45, 7) is 23.1. The van der Waals surface area contributed by atoms with Gasteiger partial charge in [-0.1, -0.05) is 121 Å². The Balaban J connectivity index is 2.56. The highest BCUT2D eigenvalue weighted by Gasteiger charge is 2.51. The Labute approximate surface area is 223 Å². The van der Waals surface area contributed by atoms with Gasteiger partial charge in [0.1, 0.15) is 0 Å². The van der Waals surface area contributed by atoms with Gasteiger partial charge in [0, 0.05) is 6.61 Å². The number of hydrogen-bond acceptors (Lipinski definition) is 3. The van der Waals surface area contributed by atoms with Crippen molar-refractivity contribution in [3.8, 4) is 0 Å². The quantitative estimate of drug-likeness (QED) is 0.255. The molecule has 0 bridgehead atoms. The number of aliphatic hydroxyl groups excluding tert-OH is 1. The van der Waals surface area contributed by atoms with Crippen LogP contribution in [0.25, 0.3) is 0 Å². The Morgan fingerprint density at radius 2 is 1.25 bits per heavy atom. The molecular weight excluding hydrogens is 477 g/mol. The molecule has 0 saturated carbocycles. The molecule has 3 nitrogen and oxygen atoms in total. The SMILES string of the molecule is C[C@H](O)/C=C/[C@@H](C)[C@@H](CCO[Si](C)(C)C(C)(C)C)O[Si](c1ccccc1)(c1ccccc1)C(C)(C)C. The van der Waals surface area contributed by atoms with Gasteiger partial charge in [-0.05, 0) is 52.8 Å². The Kier molecular flexibility index (Phi) is 10.5. The summed E-state index contributed by atoms with van der Waals surface area (Å²) in [5.74, 6) is 0.129. The summed E-state index contributed by atoms with van der Waals surface area (Å²) in [7, 11) is -4.57. The summed E-state index contributed by atoms with van der Waals surface area (Å²) in [6, 6.07) is 21.6. The van der Waals surface area contributed by atoms with E-state index in [0.29, 0.717) is 6.61 Å². The van der Waals surface area contributed by atoms with Crippen LogP contribution in [0.2, 0.25) is 23.2 Å². The summed E-state index contributed by atoms with van der Waals surface area (Å²) in [5.41, 5.74) is 0.